The Balaban J connectivity index is 2.52. The quantitative estimate of drug-likeness (QED) is 0.845. The lowest BCUT2D eigenvalue weighted by Gasteiger charge is -2.39. The molecule has 1 aromatic rings. The van der Waals surface area contributed by atoms with Crippen molar-refractivity contribution < 1.29 is 5.11 Å². The molecule has 1 aliphatic carbocycles. The van der Waals surface area contributed by atoms with Gasteiger partial charge in [0.2, 0.25) is 0 Å². The van der Waals surface area contributed by atoms with Crippen LogP contribution < -0.4 is 0 Å². The maximum absolute atomic E-state index is 10.9. The van der Waals surface area contributed by atoms with E-state index >= 15 is 0 Å². The lowest BCUT2D eigenvalue weighted by atomic mass is 9.68. The predicted molar refractivity (Wildman–Crippen MR) is 67.4 cm³/mol. The molecule has 0 saturated heterocycles. The topological polar surface area (TPSA) is 44.0 Å². The van der Waals surface area contributed by atoms with Gasteiger partial charge < -0.3 is 5.11 Å². The molecule has 0 aliphatic heterocycles. The van der Waals surface area contributed by atoms with Crippen molar-refractivity contribution in [3.8, 4) is 6.07 Å². The lowest BCUT2D eigenvalue weighted by Crippen LogP contribution is -2.38. The van der Waals surface area contributed by atoms with Crippen molar-refractivity contribution in [1.29, 1.82) is 5.26 Å². The minimum atomic E-state index is -0.952. The second-order valence-electron chi connectivity index (χ2n) is 5.04. The van der Waals surface area contributed by atoms with Crippen LogP contribution in [0.25, 0.3) is 0 Å². The number of rotatable bonds is 2. The Morgan fingerprint density at radius 3 is 2.88 bits per heavy atom. The minimum absolute atomic E-state index is 0.309. The number of nitrogens with zero attached hydrogens (tertiary/aromatic N) is 1. The first-order valence-electron chi connectivity index (χ1n) is 6.35. The second-order valence-corrected chi connectivity index (χ2v) is 5.04. The van der Waals surface area contributed by atoms with Crippen molar-refractivity contribution in [3.63, 3.8) is 0 Å². The summed E-state index contributed by atoms with van der Waals surface area (Å²) >= 11 is 0. The Labute approximate surface area is 103 Å². The van der Waals surface area contributed by atoms with E-state index in [0.29, 0.717) is 18.8 Å². The van der Waals surface area contributed by atoms with Crippen molar-refractivity contribution >= 4 is 0 Å². The highest BCUT2D eigenvalue weighted by Gasteiger charge is 2.42. The maximum atomic E-state index is 10.9. The molecule has 1 N–H and O–H groups in total. The van der Waals surface area contributed by atoms with E-state index in [4.69, 9.17) is 0 Å². The van der Waals surface area contributed by atoms with Gasteiger partial charge in [-0.3, -0.25) is 0 Å². The van der Waals surface area contributed by atoms with Gasteiger partial charge in [0.25, 0.3) is 0 Å². The number of benzene rings is 1. The number of hydrogen-bond acceptors (Lipinski definition) is 2. The van der Waals surface area contributed by atoms with E-state index in [9.17, 15) is 10.4 Å². The molecule has 17 heavy (non-hydrogen) atoms. The summed E-state index contributed by atoms with van der Waals surface area (Å²) in [6.07, 6.45) is 2.33. The van der Waals surface area contributed by atoms with Gasteiger partial charge in [-0.2, -0.15) is 5.26 Å². The molecule has 90 valence electrons. The van der Waals surface area contributed by atoms with E-state index < -0.39 is 5.60 Å². The van der Waals surface area contributed by atoms with E-state index in [1.165, 1.54) is 5.56 Å². The molecule has 3 unspecified atom stereocenters. The Bertz CT molecular complexity index is 448. The van der Waals surface area contributed by atoms with Crippen LogP contribution in [0.2, 0.25) is 0 Å². The Morgan fingerprint density at radius 1 is 1.53 bits per heavy atom. The zero-order valence-electron chi connectivity index (χ0n) is 10.5. The number of fused-ring (bicyclic) bond motifs is 1. The van der Waals surface area contributed by atoms with Crippen LogP contribution in [0.15, 0.2) is 24.3 Å². The van der Waals surface area contributed by atoms with Crippen molar-refractivity contribution in [1.82, 2.24) is 0 Å². The van der Waals surface area contributed by atoms with Crippen LogP contribution in [0.4, 0.5) is 0 Å². The number of hydrogen-bond donors (Lipinski definition) is 1. The van der Waals surface area contributed by atoms with Gasteiger partial charge in [0.15, 0.2) is 0 Å². The van der Waals surface area contributed by atoms with E-state index in [1.807, 2.05) is 25.1 Å². The SMILES string of the molecule is CCC(C#N)C1(O)CCC(C)c2ccccc21. The molecule has 1 aliphatic rings. The third kappa shape index (κ3) is 1.85. The Morgan fingerprint density at radius 2 is 2.24 bits per heavy atom. The Hall–Kier alpha value is -1.33. The van der Waals surface area contributed by atoms with Crippen molar-refractivity contribution in [2.45, 2.75) is 44.6 Å². The van der Waals surface area contributed by atoms with Crippen LogP contribution in [0.1, 0.15) is 50.2 Å². The van der Waals surface area contributed by atoms with Gasteiger partial charge in [-0.05, 0) is 36.3 Å². The first-order valence-corrected chi connectivity index (χ1v) is 6.35. The zero-order chi connectivity index (χ0) is 12.5. The molecular formula is C15H19NO. The van der Waals surface area contributed by atoms with Gasteiger partial charge in [-0.15, -0.1) is 0 Å². The molecule has 2 nitrogen and oxygen atoms in total. The summed E-state index contributed by atoms with van der Waals surface area (Å²) < 4.78 is 0. The van der Waals surface area contributed by atoms with Crippen LogP contribution >= 0.6 is 0 Å². The summed E-state index contributed by atoms with van der Waals surface area (Å²) in [7, 11) is 0. The van der Waals surface area contributed by atoms with Crippen LogP contribution in [-0.4, -0.2) is 5.11 Å². The van der Waals surface area contributed by atoms with E-state index in [2.05, 4.69) is 19.1 Å². The molecule has 0 radical (unpaired) electrons. The van der Waals surface area contributed by atoms with Crippen molar-refractivity contribution in [2.24, 2.45) is 5.92 Å². The van der Waals surface area contributed by atoms with Crippen LogP contribution in [-0.2, 0) is 5.60 Å². The van der Waals surface area contributed by atoms with Crippen molar-refractivity contribution in [3.05, 3.63) is 35.4 Å². The molecule has 0 bridgehead atoms. The molecule has 0 amide bonds. The highest BCUT2D eigenvalue weighted by molar-refractivity contribution is 5.38. The summed E-state index contributed by atoms with van der Waals surface area (Å²) in [5.41, 5.74) is 1.22. The number of nitriles is 1. The first kappa shape index (κ1) is 12.1. The van der Waals surface area contributed by atoms with E-state index in [1.54, 1.807) is 0 Å². The van der Waals surface area contributed by atoms with Gasteiger partial charge in [0.05, 0.1) is 12.0 Å². The van der Waals surface area contributed by atoms with E-state index in [0.717, 1.165) is 12.0 Å². The summed E-state index contributed by atoms with van der Waals surface area (Å²) in [6.45, 7) is 4.15. The molecule has 3 atom stereocenters. The molecule has 2 heteroatoms. The fourth-order valence-electron chi connectivity index (χ4n) is 2.95. The fourth-order valence-corrected chi connectivity index (χ4v) is 2.95. The van der Waals surface area contributed by atoms with Crippen LogP contribution in [0.5, 0.6) is 0 Å². The van der Waals surface area contributed by atoms with Crippen LogP contribution in [0.3, 0.4) is 0 Å². The van der Waals surface area contributed by atoms with Crippen molar-refractivity contribution in [2.75, 3.05) is 0 Å². The molecule has 2 rings (SSSR count). The second kappa shape index (κ2) is 4.50. The summed E-state index contributed by atoms with van der Waals surface area (Å²) in [5.74, 6) is 0.166. The average Bonchev–Trinajstić information content (AvgIpc) is 2.36. The first-order chi connectivity index (χ1) is 8.13. The zero-order valence-corrected chi connectivity index (χ0v) is 10.5. The fraction of sp³-hybridized carbons (Fsp3) is 0.533. The smallest absolute Gasteiger partial charge is 0.106 e. The minimum Gasteiger partial charge on any atom is -0.384 e. The molecule has 0 fully saturated rings. The number of aliphatic hydroxyl groups is 1. The van der Waals surface area contributed by atoms with Gasteiger partial charge in [-0.25, -0.2) is 0 Å². The standard InChI is InChI=1S/C15H19NO/c1-3-12(10-16)15(17)9-8-11(2)13-6-4-5-7-14(13)15/h4-7,11-12,17H,3,8-9H2,1-2H3. The summed E-state index contributed by atoms with van der Waals surface area (Å²) in [5, 5.41) is 20.1. The van der Waals surface area contributed by atoms with Gasteiger partial charge >= 0.3 is 0 Å². The largest absolute Gasteiger partial charge is 0.384 e. The highest BCUT2D eigenvalue weighted by Crippen LogP contribution is 2.45. The summed E-state index contributed by atoms with van der Waals surface area (Å²) in [6, 6.07) is 10.3. The van der Waals surface area contributed by atoms with Gasteiger partial charge in [-0.1, -0.05) is 38.1 Å². The van der Waals surface area contributed by atoms with Crippen LogP contribution in [0, 0.1) is 17.2 Å². The monoisotopic (exact) mass is 229 g/mol. The molecule has 0 aromatic heterocycles. The average molecular weight is 229 g/mol. The van der Waals surface area contributed by atoms with E-state index in [-0.39, 0.29) is 5.92 Å². The molecular weight excluding hydrogens is 210 g/mol. The third-order valence-electron chi connectivity index (χ3n) is 4.06. The molecule has 0 saturated carbocycles. The Kier molecular flexibility index (Phi) is 3.22. The molecule has 0 spiro atoms. The molecule has 0 heterocycles. The maximum Gasteiger partial charge on any atom is 0.106 e. The summed E-state index contributed by atoms with van der Waals surface area (Å²) in [4.78, 5) is 0. The van der Waals surface area contributed by atoms with Gasteiger partial charge in [0.1, 0.15) is 5.60 Å². The predicted octanol–water partition coefficient (Wildman–Crippen LogP) is 3.32. The van der Waals surface area contributed by atoms with Gasteiger partial charge in [0, 0.05) is 0 Å². The lowest BCUT2D eigenvalue weighted by molar-refractivity contribution is -0.0229. The normalized spacial score (nSPS) is 29.2. The highest BCUT2D eigenvalue weighted by atomic mass is 16.3. The third-order valence-corrected chi connectivity index (χ3v) is 4.06. The molecule has 1 aromatic carbocycles.